The number of nitrogens with zero attached hydrogens (tertiary/aromatic N) is 2. The maximum absolute atomic E-state index is 13.4. The number of piperidine rings is 1. The second-order valence-electron chi connectivity index (χ2n) is 5.03. The van der Waals surface area contributed by atoms with Gasteiger partial charge in [-0.2, -0.15) is 4.98 Å². The molecular formula is C14H15ClFN3O. The summed E-state index contributed by atoms with van der Waals surface area (Å²) in [5, 5.41) is 7.33. The fraction of sp³-hybridized carbons (Fsp3) is 0.429. The molecule has 106 valence electrons. The van der Waals surface area contributed by atoms with Gasteiger partial charge in [0.1, 0.15) is 5.82 Å². The summed E-state index contributed by atoms with van der Waals surface area (Å²) in [6.45, 7) is 2.05. The maximum Gasteiger partial charge on any atom is 0.259 e. The van der Waals surface area contributed by atoms with E-state index in [0.29, 0.717) is 17.3 Å². The third-order valence-electron chi connectivity index (χ3n) is 3.52. The normalized spacial score (nSPS) is 19.2. The van der Waals surface area contributed by atoms with Crippen molar-refractivity contribution in [3.8, 4) is 11.5 Å². The molecule has 0 aliphatic carbocycles. The summed E-state index contributed by atoms with van der Waals surface area (Å²) in [4.78, 5) is 4.32. The lowest BCUT2D eigenvalue weighted by Gasteiger charge is -2.20. The summed E-state index contributed by atoms with van der Waals surface area (Å²) in [6, 6.07) is 4.55. The predicted octanol–water partition coefficient (Wildman–Crippen LogP) is 3.07. The van der Waals surface area contributed by atoms with Crippen LogP contribution in [0.3, 0.4) is 0 Å². The van der Waals surface area contributed by atoms with E-state index in [1.54, 1.807) is 12.1 Å². The molecule has 1 aliphatic rings. The van der Waals surface area contributed by atoms with Crippen LogP contribution in [-0.4, -0.2) is 23.2 Å². The van der Waals surface area contributed by atoms with Gasteiger partial charge in [-0.15, -0.1) is 0 Å². The number of benzene rings is 1. The van der Waals surface area contributed by atoms with E-state index in [2.05, 4.69) is 15.5 Å². The second kappa shape index (κ2) is 5.89. The molecule has 0 bridgehead atoms. The predicted molar refractivity (Wildman–Crippen MR) is 74.0 cm³/mol. The van der Waals surface area contributed by atoms with Crippen LogP contribution in [0.15, 0.2) is 22.7 Å². The average molecular weight is 296 g/mol. The molecule has 0 radical (unpaired) electrons. The van der Waals surface area contributed by atoms with Crippen molar-refractivity contribution in [1.82, 2.24) is 15.5 Å². The molecule has 1 N–H and O–H groups in total. The molecule has 1 aliphatic heterocycles. The van der Waals surface area contributed by atoms with Gasteiger partial charge < -0.3 is 9.84 Å². The first-order valence-corrected chi connectivity index (χ1v) is 7.09. The molecule has 6 heteroatoms. The van der Waals surface area contributed by atoms with E-state index in [0.717, 1.165) is 25.9 Å². The Kier molecular flexibility index (Phi) is 3.98. The summed E-state index contributed by atoms with van der Waals surface area (Å²) in [5.74, 6) is 0.958. The molecule has 1 saturated heterocycles. The Morgan fingerprint density at radius 2 is 2.35 bits per heavy atom. The highest BCUT2D eigenvalue weighted by Crippen LogP contribution is 2.29. The molecule has 0 amide bonds. The van der Waals surface area contributed by atoms with Gasteiger partial charge in [0, 0.05) is 6.42 Å². The minimum Gasteiger partial charge on any atom is -0.334 e. The van der Waals surface area contributed by atoms with Gasteiger partial charge in [-0.3, -0.25) is 0 Å². The monoisotopic (exact) mass is 295 g/mol. The molecule has 20 heavy (non-hydrogen) atoms. The lowest BCUT2D eigenvalue weighted by Crippen LogP contribution is -2.31. The van der Waals surface area contributed by atoms with Crippen molar-refractivity contribution in [3.05, 3.63) is 34.9 Å². The van der Waals surface area contributed by atoms with Crippen molar-refractivity contribution in [3.63, 3.8) is 0 Å². The van der Waals surface area contributed by atoms with Crippen LogP contribution in [0.2, 0.25) is 5.02 Å². The molecule has 4 nitrogen and oxygen atoms in total. The molecule has 0 saturated carbocycles. The van der Waals surface area contributed by atoms with E-state index in [1.807, 2.05) is 0 Å². The van der Waals surface area contributed by atoms with E-state index in [4.69, 9.17) is 16.1 Å². The van der Waals surface area contributed by atoms with Gasteiger partial charge in [-0.1, -0.05) is 22.8 Å². The van der Waals surface area contributed by atoms with Crippen LogP contribution in [0, 0.1) is 11.7 Å². The zero-order valence-corrected chi connectivity index (χ0v) is 11.7. The zero-order valence-electron chi connectivity index (χ0n) is 10.9. The lowest BCUT2D eigenvalue weighted by atomic mass is 9.96. The van der Waals surface area contributed by atoms with E-state index in [1.165, 1.54) is 12.5 Å². The highest BCUT2D eigenvalue weighted by molar-refractivity contribution is 6.33. The summed E-state index contributed by atoms with van der Waals surface area (Å²) >= 11 is 5.92. The molecule has 3 rings (SSSR count). The Bertz CT molecular complexity index is 596. The first-order chi connectivity index (χ1) is 9.74. The standard InChI is InChI=1S/C14H15ClFN3O/c15-13-10(4-1-5-11(13)16)14-18-12(19-20-14)7-9-3-2-6-17-8-9/h1,4-5,9,17H,2-3,6-8H2. The average Bonchev–Trinajstić information content (AvgIpc) is 2.91. The van der Waals surface area contributed by atoms with Crippen molar-refractivity contribution >= 4 is 11.6 Å². The SMILES string of the molecule is Fc1cccc(-c2nc(CC3CCCNC3)no2)c1Cl. The lowest BCUT2D eigenvalue weighted by molar-refractivity contribution is 0.360. The van der Waals surface area contributed by atoms with Gasteiger partial charge >= 0.3 is 0 Å². The van der Waals surface area contributed by atoms with Crippen LogP contribution in [0.4, 0.5) is 4.39 Å². The minimum atomic E-state index is -0.486. The first kappa shape index (κ1) is 13.5. The summed E-state index contributed by atoms with van der Waals surface area (Å²) in [7, 11) is 0. The minimum absolute atomic E-state index is 0.0158. The van der Waals surface area contributed by atoms with Crippen molar-refractivity contribution in [2.75, 3.05) is 13.1 Å². The number of aromatic nitrogens is 2. The smallest absolute Gasteiger partial charge is 0.259 e. The van der Waals surface area contributed by atoms with Crippen LogP contribution in [0.25, 0.3) is 11.5 Å². The molecule has 1 fully saturated rings. The van der Waals surface area contributed by atoms with E-state index in [9.17, 15) is 4.39 Å². The second-order valence-corrected chi connectivity index (χ2v) is 5.41. The third kappa shape index (κ3) is 2.83. The number of hydrogen-bond donors (Lipinski definition) is 1. The van der Waals surface area contributed by atoms with Crippen LogP contribution >= 0.6 is 11.6 Å². The van der Waals surface area contributed by atoms with Crippen molar-refractivity contribution < 1.29 is 8.91 Å². The van der Waals surface area contributed by atoms with E-state index in [-0.39, 0.29) is 10.9 Å². The number of hydrogen-bond acceptors (Lipinski definition) is 4. The first-order valence-electron chi connectivity index (χ1n) is 6.71. The van der Waals surface area contributed by atoms with Crippen molar-refractivity contribution in [2.45, 2.75) is 19.3 Å². The third-order valence-corrected chi connectivity index (χ3v) is 3.90. The summed E-state index contributed by atoms with van der Waals surface area (Å²) in [6.07, 6.45) is 3.10. The highest BCUT2D eigenvalue weighted by Gasteiger charge is 2.19. The van der Waals surface area contributed by atoms with Crippen LogP contribution in [-0.2, 0) is 6.42 Å². The van der Waals surface area contributed by atoms with Crippen molar-refractivity contribution in [1.29, 1.82) is 0 Å². The zero-order chi connectivity index (χ0) is 13.9. The fourth-order valence-corrected chi connectivity index (χ4v) is 2.68. The summed E-state index contributed by atoms with van der Waals surface area (Å²) in [5.41, 5.74) is 0.437. The van der Waals surface area contributed by atoms with Gasteiger partial charge in [-0.05, 0) is 44.0 Å². The van der Waals surface area contributed by atoms with Gasteiger partial charge in [0.15, 0.2) is 5.82 Å². The van der Waals surface area contributed by atoms with Crippen molar-refractivity contribution in [2.24, 2.45) is 5.92 Å². The molecule has 2 aromatic rings. The number of rotatable bonds is 3. The maximum atomic E-state index is 13.4. The number of nitrogens with one attached hydrogen (secondary N) is 1. The topological polar surface area (TPSA) is 51.0 Å². The van der Waals surface area contributed by atoms with Gasteiger partial charge in [0.05, 0.1) is 10.6 Å². The largest absolute Gasteiger partial charge is 0.334 e. The molecular weight excluding hydrogens is 281 g/mol. The molecule has 1 atom stereocenters. The summed E-state index contributed by atoms with van der Waals surface area (Å²) < 4.78 is 18.6. The molecule has 1 aromatic heterocycles. The van der Waals surface area contributed by atoms with E-state index >= 15 is 0 Å². The Morgan fingerprint density at radius 3 is 3.15 bits per heavy atom. The Balaban J connectivity index is 1.77. The molecule has 1 aromatic carbocycles. The van der Waals surface area contributed by atoms with Crippen LogP contribution in [0.5, 0.6) is 0 Å². The van der Waals surface area contributed by atoms with Gasteiger partial charge in [0.25, 0.3) is 5.89 Å². The molecule has 1 unspecified atom stereocenters. The van der Waals surface area contributed by atoms with E-state index < -0.39 is 5.82 Å². The Hall–Kier alpha value is -1.46. The molecule has 2 heterocycles. The number of halogens is 2. The quantitative estimate of drug-likeness (QED) is 0.945. The molecule has 0 spiro atoms. The van der Waals surface area contributed by atoms with Crippen LogP contribution in [0.1, 0.15) is 18.7 Å². The van der Waals surface area contributed by atoms with Gasteiger partial charge in [-0.25, -0.2) is 4.39 Å². The Labute approximate surface area is 121 Å². The van der Waals surface area contributed by atoms with Crippen LogP contribution < -0.4 is 5.32 Å². The highest BCUT2D eigenvalue weighted by atomic mass is 35.5. The Morgan fingerprint density at radius 1 is 1.45 bits per heavy atom. The fourth-order valence-electron chi connectivity index (χ4n) is 2.47. The van der Waals surface area contributed by atoms with Gasteiger partial charge in [0.2, 0.25) is 0 Å².